The second-order valence-corrected chi connectivity index (χ2v) is 3.88. The first-order valence-corrected chi connectivity index (χ1v) is 5.74. The summed E-state index contributed by atoms with van der Waals surface area (Å²) in [5.74, 6) is 0.114. The van der Waals surface area contributed by atoms with Crippen LogP contribution in [0.3, 0.4) is 0 Å². The highest BCUT2D eigenvalue weighted by Gasteiger charge is 2.12. The van der Waals surface area contributed by atoms with Crippen LogP contribution in [-0.4, -0.2) is 18.2 Å². The highest BCUT2D eigenvalue weighted by molar-refractivity contribution is 5.99. The minimum atomic E-state index is -0.513. The van der Waals surface area contributed by atoms with Crippen LogP contribution in [0.15, 0.2) is 47.6 Å². The molecule has 0 aromatic heterocycles. The SMILES string of the molecule is COc1ccc(/C(N)=N/O)c(Oc2ccccc2F)c1. The van der Waals surface area contributed by atoms with E-state index in [0.717, 1.165) is 0 Å². The number of hydrogen-bond donors (Lipinski definition) is 2. The summed E-state index contributed by atoms with van der Waals surface area (Å²) < 4.78 is 24.2. The summed E-state index contributed by atoms with van der Waals surface area (Å²) >= 11 is 0. The van der Waals surface area contributed by atoms with E-state index in [-0.39, 0.29) is 17.3 Å². The Morgan fingerprint density at radius 3 is 2.60 bits per heavy atom. The van der Waals surface area contributed by atoms with Gasteiger partial charge in [-0.15, -0.1) is 0 Å². The fraction of sp³-hybridized carbons (Fsp3) is 0.0714. The lowest BCUT2D eigenvalue weighted by Crippen LogP contribution is -2.14. The van der Waals surface area contributed by atoms with E-state index in [4.69, 9.17) is 20.4 Å². The first kappa shape index (κ1) is 13.7. The Morgan fingerprint density at radius 2 is 1.95 bits per heavy atom. The summed E-state index contributed by atoms with van der Waals surface area (Å²) in [6.45, 7) is 0. The highest BCUT2D eigenvalue weighted by Crippen LogP contribution is 2.30. The van der Waals surface area contributed by atoms with Crippen molar-refractivity contribution in [2.24, 2.45) is 10.9 Å². The molecule has 0 aliphatic heterocycles. The van der Waals surface area contributed by atoms with Crippen molar-refractivity contribution in [1.82, 2.24) is 0 Å². The molecular formula is C14H13FN2O3. The van der Waals surface area contributed by atoms with Gasteiger partial charge in [-0.1, -0.05) is 17.3 Å². The first-order chi connectivity index (χ1) is 9.65. The predicted molar refractivity (Wildman–Crippen MR) is 72.0 cm³/mol. The van der Waals surface area contributed by atoms with Crippen molar-refractivity contribution < 1.29 is 19.1 Å². The standard InChI is InChI=1S/C14H13FN2O3/c1-19-9-6-7-10(14(16)17-18)13(8-9)20-12-5-3-2-4-11(12)15/h2-8,18H,1H3,(H2,16,17). The molecule has 0 fully saturated rings. The second kappa shape index (κ2) is 5.92. The van der Waals surface area contributed by atoms with Crippen molar-refractivity contribution in [2.75, 3.05) is 7.11 Å². The van der Waals surface area contributed by atoms with E-state index in [1.807, 2.05) is 0 Å². The Balaban J connectivity index is 2.46. The Hall–Kier alpha value is -2.76. The number of para-hydroxylation sites is 1. The molecule has 0 radical (unpaired) electrons. The molecule has 2 aromatic carbocycles. The molecule has 0 aliphatic carbocycles. The van der Waals surface area contributed by atoms with Crippen molar-refractivity contribution in [1.29, 1.82) is 0 Å². The molecule has 0 aliphatic rings. The number of hydrogen-bond acceptors (Lipinski definition) is 4. The van der Waals surface area contributed by atoms with Crippen LogP contribution in [-0.2, 0) is 0 Å². The van der Waals surface area contributed by atoms with Crippen LogP contribution < -0.4 is 15.2 Å². The fourth-order valence-corrected chi connectivity index (χ4v) is 1.63. The molecular weight excluding hydrogens is 263 g/mol. The molecule has 2 rings (SSSR count). The van der Waals surface area contributed by atoms with Crippen molar-refractivity contribution >= 4 is 5.84 Å². The number of amidine groups is 1. The maximum absolute atomic E-state index is 13.6. The van der Waals surface area contributed by atoms with E-state index < -0.39 is 5.82 Å². The van der Waals surface area contributed by atoms with Gasteiger partial charge < -0.3 is 20.4 Å². The van der Waals surface area contributed by atoms with Crippen LogP contribution in [0.4, 0.5) is 4.39 Å². The summed E-state index contributed by atoms with van der Waals surface area (Å²) in [5.41, 5.74) is 5.89. The van der Waals surface area contributed by atoms with Crippen molar-refractivity contribution in [3.63, 3.8) is 0 Å². The van der Waals surface area contributed by atoms with E-state index in [1.54, 1.807) is 24.3 Å². The van der Waals surface area contributed by atoms with Crippen LogP contribution in [0.1, 0.15) is 5.56 Å². The summed E-state index contributed by atoms with van der Waals surface area (Å²) in [7, 11) is 1.49. The average molecular weight is 276 g/mol. The normalized spacial score (nSPS) is 11.2. The zero-order valence-electron chi connectivity index (χ0n) is 10.7. The lowest BCUT2D eigenvalue weighted by molar-refractivity contribution is 0.318. The molecule has 104 valence electrons. The van der Waals surface area contributed by atoms with Crippen LogP contribution in [0.5, 0.6) is 17.2 Å². The molecule has 0 amide bonds. The van der Waals surface area contributed by atoms with Gasteiger partial charge in [-0.05, 0) is 24.3 Å². The monoisotopic (exact) mass is 276 g/mol. The third-order valence-corrected chi connectivity index (χ3v) is 2.63. The van der Waals surface area contributed by atoms with E-state index in [0.29, 0.717) is 11.3 Å². The molecule has 0 saturated heterocycles. The number of benzene rings is 2. The summed E-state index contributed by atoms with van der Waals surface area (Å²) in [6.07, 6.45) is 0. The molecule has 20 heavy (non-hydrogen) atoms. The highest BCUT2D eigenvalue weighted by atomic mass is 19.1. The molecule has 0 atom stereocenters. The Morgan fingerprint density at radius 1 is 1.20 bits per heavy atom. The van der Waals surface area contributed by atoms with Gasteiger partial charge in [0.1, 0.15) is 11.5 Å². The third kappa shape index (κ3) is 2.80. The van der Waals surface area contributed by atoms with Crippen LogP contribution in [0.2, 0.25) is 0 Å². The van der Waals surface area contributed by atoms with Crippen LogP contribution in [0, 0.1) is 5.82 Å². The Kier molecular flexibility index (Phi) is 4.05. The molecule has 0 heterocycles. The van der Waals surface area contributed by atoms with Gasteiger partial charge in [0.25, 0.3) is 0 Å². The van der Waals surface area contributed by atoms with Crippen LogP contribution >= 0.6 is 0 Å². The van der Waals surface area contributed by atoms with Gasteiger partial charge in [0.15, 0.2) is 17.4 Å². The third-order valence-electron chi connectivity index (χ3n) is 2.63. The minimum Gasteiger partial charge on any atom is -0.497 e. The molecule has 0 unspecified atom stereocenters. The van der Waals surface area contributed by atoms with Gasteiger partial charge in [0.05, 0.1) is 12.7 Å². The lowest BCUT2D eigenvalue weighted by atomic mass is 10.1. The van der Waals surface area contributed by atoms with Crippen molar-refractivity contribution in [2.45, 2.75) is 0 Å². The molecule has 6 heteroatoms. The van der Waals surface area contributed by atoms with Crippen molar-refractivity contribution in [3.05, 3.63) is 53.8 Å². The number of nitrogens with zero attached hydrogens (tertiary/aromatic N) is 1. The van der Waals surface area contributed by atoms with E-state index in [1.165, 1.54) is 25.3 Å². The van der Waals surface area contributed by atoms with Gasteiger partial charge in [-0.3, -0.25) is 0 Å². The minimum absolute atomic E-state index is 0.0349. The molecule has 5 nitrogen and oxygen atoms in total. The van der Waals surface area contributed by atoms with E-state index in [2.05, 4.69) is 5.16 Å². The first-order valence-electron chi connectivity index (χ1n) is 5.74. The van der Waals surface area contributed by atoms with E-state index >= 15 is 0 Å². The molecule has 0 bridgehead atoms. The number of oxime groups is 1. The lowest BCUT2D eigenvalue weighted by Gasteiger charge is -2.12. The zero-order chi connectivity index (χ0) is 14.5. The van der Waals surface area contributed by atoms with Gasteiger partial charge in [-0.25, -0.2) is 4.39 Å². The number of ether oxygens (including phenoxy) is 2. The van der Waals surface area contributed by atoms with Crippen molar-refractivity contribution in [3.8, 4) is 17.2 Å². The van der Waals surface area contributed by atoms with Gasteiger partial charge in [0, 0.05) is 6.07 Å². The van der Waals surface area contributed by atoms with Gasteiger partial charge >= 0.3 is 0 Å². The number of methoxy groups -OCH3 is 1. The quantitative estimate of drug-likeness (QED) is 0.389. The maximum atomic E-state index is 13.6. The summed E-state index contributed by atoms with van der Waals surface area (Å²) in [5, 5.41) is 11.7. The zero-order valence-corrected chi connectivity index (χ0v) is 10.7. The number of rotatable bonds is 4. The van der Waals surface area contributed by atoms with E-state index in [9.17, 15) is 4.39 Å². The number of halogens is 1. The predicted octanol–water partition coefficient (Wildman–Crippen LogP) is 2.72. The second-order valence-electron chi connectivity index (χ2n) is 3.88. The smallest absolute Gasteiger partial charge is 0.173 e. The maximum Gasteiger partial charge on any atom is 0.173 e. The van der Waals surface area contributed by atoms with Gasteiger partial charge in [0.2, 0.25) is 0 Å². The Bertz CT molecular complexity index is 644. The summed E-state index contributed by atoms with van der Waals surface area (Å²) in [6, 6.07) is 10.7. The molecule has 2 aromatic rings. The Labute approximate surface area is 115 Å². The molecule has 0 saturated carbocycles. The molecule has 0 spiro atoms. The fourth-order valence-electron chi connectivity index (χ4n) is 1.63. The molecule has 3 N–H and O–H groups in total. The van der Waals surface area contributed by atoms with Gasteiger partial charge in [-0.2, -0.15) is 0 Å². The average Bonchev–Trinajstić information content (AvgIpc) is 2.48. The number of nitrogens with two attached hydrogens (primary N) is 1. The summed E-state index contributed by atoms with van der Waals surface area (Å²) in [4.78, 5) is 0. The van der Waals surface area contributed by atoms with Crippen LogP contribution in [0.25, 0.3) is 0 Å². The topological polar surface area (TPSA) is 77.1 Å². The largest absolute Gasteiger partial charge is 0.497 e.